The third-order valence-corrected chi connectivity index (χ3v) is 5.69. The summed E-state index contributed by atoms with van der Waals surface area (Å²) in [6, 6.07) is 0. The molecule has 2 aliphatic carbocycles. The van der Waals surface area contributed by atoms with Crippen molar-refractivity contribution in [3.63, 3.8) is 0 Å². The smallest absolute Gasteiger partial charge is 0.00718 e. The average Bonchev–Trinajstić information content (AvgIpc) is 3.20. The Hall–Kier alpha value is -0.0800. The highest BCUT2D eigenvalue weighted by atomic mass is 14.6. The van der Waals surface area contributed by atoms with Gasteiger partial charge in [-0.15, -0.1) is 0 Å². The molecular weight excluding hydrogens is 208 g/mol. The first-order chi connectivity index (χ1) is 8.15. The fourth-order valence-electron chi connectivity index (χ4n) is 4.12. The molecule has 0 aromatic heterocycles. The summed E-state index contributed by atoms with van der Waals surface area (Å²) in [6.07, 6.45) is 8.12. The van der Waals surface area contributed by atoms with E-state index in [0.717, 1.165) is 36.8 Å². The fourth-order valence-corrected chi connectivity index (χ4v) is 4.12. The highest BCUT2D eigenvalue weighted by molar-refractivity contribution is 4.99. The maximum Gasteiger partial charge on any atom is -0.00718 e. The lowest BCUT2D eigenvalue weighted by molar-refractivity contribution is 0.0450. The third kappa shape index (κ3) is 2.68. The molecule has 100 valence electrons. The zero-order valence-corrected chi connectivity index (χ0v) is 11.6. The van der Waals surface area contributed by atoms with Crippen molar-refractivity contribution in [1.29, 1.82) is 0 Å². The topological polar surface area (TPSA) is 52.0 Å². The molecule has 2 unspecified atom stereocenters. The molecule has 0 aliphatic heterocycles. The molecule has 0 saturated heterocycles. The molecule has 2 nitrogen and oxygen atoms in total. The summed E-state index contributed by atoms with van der Waals surface area (Å²) in [7, 11) is 0. The van der Waals surface area contributed by atoms with Crippen molar-refractivity contribution in [3.8, 4) is 0 Å². The monoisotopic (exact) mass is 238 g/mol. The van der Waals surface area contributed by atoms with Crippen LogP contribution in [0, 0.1) is 29.1 Å². The molecule has 4 N–H and O–H groups in total. The lowest BCUT2D eigenvalue weighted by atomic mass is 9.60. The van der Waals surface area contributed by atoms with Gasteiger partial charge in [0.15, 0.2) is 0 Å². The fraction of sp³-hybridized carbons (Fsp3) is 1.00. The molecule has 17 heavy (non-hydrogen) atoms. The Bertz CT molecular complexity index is 217. The van der Waals surface area contributed by atoms with Gasteiger partial charge in [-0.2, -0.15) is 0 Å². The van der Waals surface area contributed by atoms with E-state index in [0.29, 0.717) is 5.41 Å². The number of nitrogens with two attached hydrogens (primary N) is 2. The minimum absolute atomic E-state index is 0.436. The molecule has 0 spiro atoms. The standard InChI is InChI=1S/C15H30N2/c1-11(13-3-4-13)15(7-9-16,8-10-17)12(2)14-5-6-14/h11-14H,3-10,16-17H2,1-2H3. The Morgan fingerprint density at radius 2 is 1.24 bits per heavy atom. The van der Waals surface area contributed by atoms with Crippen LogP contribution in [0.1, 0.15) is 52.4 Å². The minimum Gasteiger partial charge on any atom is -0.330 e. The maximum absolute atomic E-state index is 5.92. The van der Waals surface area contributed by atoms with E-state index in [1.54, 1.807) is 0 Å². The van der Waals surface area contributed by atoms with Gasteiger partial charge in [0.05, 0.1) is 0 Å². The van der Waals surface area contributed by atoms with Crippen LogP contribution < -0.4 is 11.5 Å². The van der Waals surface area contributed by atoms with Crippen LogP contribution in [-0.2, 0) is 0 Å². The van der Waals surface area contributed by atoms with Crippen LogP contribution in [0.25, 0.3) is 0 Å². The minimum atomic E-state index is 0.436. The van der Waals surface area contributed by atoms with E-state index in [9.17, 15) is 0 Å². The van der Waals surface area contributed by atoms with Crippen LogP contribution in [0.2, 0.25) is 0 Å². The summed E-state index contributed by atoms with van der Waals surface area (Å²) in [4.78, 5) is 0. The summed E-state index contributed by atoms with van der Waals surface area (Å²) in [5.41, 5.74) is 12.3. The van der Waals surface area contributed by atoms with Crippen molar-refractivity contribution in [3.05, 3.63) is 0 Å². The van der Waals surface area contributed by atoms with Crippen molar-refractivity contribution < 1.29 is 0 Å². The van der Waals surface area contributed by atoms with E-state index < -0.39 is 0 Å². The highest BCUT2D eigenvalue weighted by Gasteiger charge is 2.49. The lowest BCUT2D eigenvalue weighted by Gasteiger charge is -2.45. The van der Waals surface area contributed by atoms with Gasteiger partial charge in [-0.3, -0.25) is 0 Å². The van der Waals surface area contributed by atoms with Gasteiger partial charge in [0.25, 0.3) is 0 Å². The number of hydrogen-bond acceptors (Lipinski definition) is 2. The summed E-state index contributed by atoms with van der Waals surface area (Å²) in [5, 5.41) is 0. The highest BCUT2D eigenvalue weighted by Crippen LogP contribution is 2.57. The Labute approximate surface area is 107 Å². The largest absolute Gasteiger partial charge is 0.330 e. The molecule has 2 aliphatic rings. The van der Waals surface area contributed by atoms with Crippen LogP contribution >= 0.6 is 0 Å². The van der Waals surface area contributed by atoms with E-state index in [4.69, 9.17) is 11.5 Å². The van der Waals surface area contributed by atoms with Crippen LogP contribution in [0.5, 0.6) is 0 Å². The van der Waals surface area contributed by atoms with Crippen molar-refractivity contribution in [2.45, 2.75) is 52.4 Å². The Morgan fingerprint density at radius 3 is 1.47 bits per heavy atom. The summed E-state index contributed by atoms with van der Waals surface area (Å²) < 4.78 is 0. The second-order valence-electron chi connectivity index (χ2n) is 6.56. The van der Waals surface area contributed by atoms with E-state index in [1.165, 1.54) is 38.5 Å². The Kier molecular flexibility index (Phi) is 4.14. The molecule has 0 radical (unpaired) electrons. The lowest BCUT2D eigenvalue weighted by Crippen LogP contribution is -2.41. The first kappa shape index (κ1) is 13.4. The molecule has 2 saturated carbocycles. The van der Waals surface area contributed by atoms with Crippen LogP contribution in [0.4, 0.5) is 0 Å². The van der Waals surface area contributed by atoms with Gasteiger partial charge in [-0.25, -0.2) is 0 Å². The van der Waals surface area contributed by atoms with Gasteiger partial charge in [-0.05, 0) is 80.7 Å². The second kappa shape index (κ2) is 5.27. The predicted octanol–water partition coefficient (Wildman–Crippen LogP) is 2.76. The molecule has 2 rings (SSSR count). The predicted molar refractivity (Wildman–Crippen MR) is 73.6 cm³/mol. The van der Waals surface area contributed by atoms with Gasteiger partial charge in [0.2, 0.25) is 0 Å². The molecule has 0 amide bonds. The average molecular weight is 238 g/mol. The molecule has 2 heteroatoms. The van der Waals surface area contributed by atoms with Crippen molar-refractivity contribution in [2.24, 2.45) is 40.6 Å². The molecule has 0 aromatic rings. The van der Waals surface area contributed by atoms with Crippen molar-refractivity contribution >= 4 is 0 Å². The van der Waals surface area contributed by atoms with Gasteiger partial charge < -0.3 is 11.5 Å². The Morgan fingerprint density at radius 1 is 0.882 bits per heavy atom. The maximum atomic E-state index is 5.92. The van der Waals surface area contributed by atoms with E-state index >= 15 is 0 Å². The molecule has 0 heterocycles. The van der Waals surface area contributed by atoms with E-state index in [1.807, 2.05) is 0 Å². The first-order valence-corrected chi connectivity index (χ1v) is 7.56. The van der Waals surface area contributed by atoms with Crippen LogP contribution in [-0.4, -0.2) is 13.1 Å². The molecule has 0 aromatic carbocycles. The van der Waals surface area contributed by atoms with Gasteiger partial charge in [0.1, 0.15) is 0 Å². The normalized spacial score (nSPS) is 24.7. The first-order valence-electron chi connectivity index (χ1n) is 7.56. The van der Waals surface area contributed by atoms with Gasteiger partial charge in [0, 0.05) is 0 Å². The van der Waals surface area contributed by atoms with Crippen molar-refractivity contribution in [2.75, 3.05) is 13.1 Å². The molecule has 2 atom stereocenters. The van der Waals surface area contributed by atoms with Crippen LogP contribution in [0.15, 0.2) is 0 Å². The molecule has 0 bridgehead atoms. The summed E-state index contributed by atoms with van der Waals surface area (Å²) in [5.74, 6) is 3.58. The van der Waals surface area contributed by atoms with Crippen molar-refractivity contribution in [1.82, 2.24) is 0 Å². The quantitative estimate of drug-likeness (QED) is 0.683. The third-order valence-electron chi connectivity index (χ3n) is 5.69. The second-order valence-corrected chi connectivity index (χ2v) is 6.56. The van der Waals surface area contributed by atoms with E-state index in [-0.39, 0.29) is 0 Å². The summed E-state index contributed by atoms with van der Waals surface area (Å²) in [6.45, 7) is 6.60. The van der Waals surface area contributed by atoms with Gasteiger partial charge in [-0.1, -0.05) is 13.8 Å². The summed E-state index contributed by atoms with van der Waals surface area (Å²) >= 11 is 0. The van der Waals surface area contributed by atoms with Crippen LogP contribution in [0.3, 0.4) is 0 Å². The number of hydrogen-bond donors (Lipinski definition) is 2. The molecule has 2 fully saturated rings. The molecular formula is C15H30N2. The number of rotatable bonds is 8. The SMILES string of the molecule is CC(C1CC1)C(CCN)(CCN)C(C)C1CC1. The zero-order chi connectivity index (χ0) is 12.5. The Balaban J connectivity index is 2.15. The zero-order valence-electron chi connectivity index (χ0n) is 11.6. The van der Waals surface area contributed by atoms with Gasteiger partial charge >= 0.3 is 0 Å². The van der Waals surface area contributed by atoms with E-state index in [2.05, 4.69) is 13.8 Å².